The number of ketones is 1. The molecule has 0 amide bonds. The van der Waals surface area contributed by atoms with Gasteiger partial charge in [0.15, 0.2) is 29.6 Å². The van der Waals surface area contributed by atoms with Crippen LogP contribution in [0.3, 0.4) is 0 Å². The van der Waals surface area contributed by atoms with Crippen LogP contribution in [0.15, 0.2) is 36.4 Å². The number of ether oxygens (including phenoxy) is 4. The van der Waals surface area contributed by atoms with E-state index in [9.17, 15) is 19.7 Å². The number of hydrogen-bond donors (Lipinski definition) is 0. The number of carbonyl (C=O) groups excluding carboxylic acids is 2. The van der Waals surface area contributed by atoms with Crippen molar-refractivity contribution in [2.75, 3.05) is 27.4 Å². The maximum absolute atomic E-state index is 12.3. The predicted octanol–water partition coefficient (Wildman–Crippen LogP) is 3.05. The predicted molar refractivity (Wildman–Crippen MR) is 98.4 cm³/mol. The molecule has 0 radical (unpaired) electrons. The van der Waals surface area contributed by atoms with E-state index in [1.165, 1.54) is 38.5 Å². The Labute approximate surface area is 160 Å². The van der Waals surface area contributed by atoms with Crippen LogP contribution < -0.4 is 14.2 Å². The summed E-state index contributed by atoms with van der Waals surface area (Å²) in [6.07, 6.45) is 0. The van der Waals surface area contributed by atoms with Crippen molar-refractivity contribution in [3.63, 3.8) is 0 Å². The van der Waals surface area contributed by atoms with Crippen LogP contribution in [0.1, 0.15) is 27.6 Å². The molecule has 28 heavy (non-hydrogen) atoms. The number of carbonyl (C=O) groups is 2. The van der Waals surface area contributed by atoms with E-state index >= 15 is 0 Å². The fourth-order valence-electron chi connectivity index (χ4n) is 2.37. The van der Waals surface area contributed by atoms with Gasteiger partial charge in [0.2, 0.25) is 0 Å². The molecular weight excluding hydrogens is 370 g/mol. The van der Waals surface area contributed by atoms with Crippen molar-refractivity contribution >= 4 is 17.4 Å². The van der Waals surface area contributed by atoms with Gasteiger partial charge in [-0.05, 0) is 37.3 Å². The Morgan fingerprint density at radius 3 is 2.21 bits per heavy atom. The number of esters is 1. The molecule has 0 saturated carbocycles. The molecule has 0 bridgehead atoms. The zero-order valence-electron chi connectivity index (χ0n) is 15.6. The van der Waals surface area contributed by atoms with E-state index in [2.05, 4.69) is 0 Å². The van der Waals surface area contributed by atoms with Gasteiger partial charge >= 0.3 is 11.7 Å². The summed E-state index contributed by atoms with van der Waals surface area (Å²) >= 11 is 0. The minimum Gasteiger partial charge on any atom is -0.493 e. The number of benzene rings is 2. The van der Waals surface area contributed by atoms with Crippen LogP contribution in [0.4, 0.5) is 5.69 Å². The van der Waals surface area contributed by atoms with Crippen molar-refractivity contribution < 1.29 is 33.5 Å². The highest BCUT2D eigenvalue weighted by Gasteiger charge is 2.20. The van der Waals surface area contributed by atoms with E-state index in [4.69, 9.17) is 18.9 Å². The molecule has 2 aromatic carbocycles. The number of methoxy groups -OCH3 is 2. The second kappa shape index (κ2) is 9.36. The summed E-state index contributed by atoms with van der Waals surface area (Å²) in [7, 11) is 2.90. The first-order valence-electron chi connectivity index (χ1n) is 8.24. The Morgan fingerprint density at radius 1 is 0.964 bits per heavy atom. The summed E-state index contributed by atoms with van der Waals surface area (Å²) in [6, 6.07) is 8.24. The standard InChI is InChI=1S/C19H19NO8/c1-4-27-16-7-6-13(9-14(16)20(23)24)19(22)28-11-15(21)12-5-8-17(25-2)18(10-12)26-3/h5-10H,4,11H2,1-3H3. The van der Waals surface area contributed by atoms with Crippen molar-refractivity contribution in [1.29, 1.82) is 0 Å². The lowest BCUT2D eigenvalue weighted by atomic mass is 10.1. The van der Waals surface area contributed by atoms with E-state index < -0.39 is 23.3 Å². The highest BCUT2D eigenvalue weighted by atomic mass is 16.6. The van der Waals surface area contributed by atoms with Crippen molar-refractivity contribution in [1.82, 2.24) is 0 Å². The molecule has 0 saturated heterocycles. The number of Topliss-reactive ketones (excluding diaryl/α,β-unsaturated/α-hetero) is 1. The second-order valence-corrected chi connectivity index (χ2v) is 5.44. The van der Waals surface area contributed by atoms with Gasteiger partial charge in [-0.1, -0.05) is 0 Å². The minimum atomic E-state index is -0.861. The normalized spacial score (nSPS) is 10.1. The largest absolute Gasteiger partial charge is 0.493 e. The third-order valence-electron chi connectivity index (χ3n) is 3.73. The Morgan fingerprint density at radius 2 is 1.61 bits per heavy atom. The zero-order chi connectivity index (χ0) is 20.7. The molecule has 0 unspecified atom stereocenters. The molecule has 2 aromatic rings. The van der Waals surface area contributed by atoms with Crippen LogP contribution in [0, 0.1) is 10.1 Å². The summed E-state index contributed by atoms with van der Waals surface area (Å²) in [5.41, 5.74) is -0.152. The minimum absolute atomic E-state index is 0.0467. The maximum Gasteiger partial charge on any atom is 0.338 e. The molecule has 9 nitrogen and oxygen atoms in total. The van der Waals surface area contributed by atoms with Crippen LogP contribution in [-0.2, 0) is 4.74 Å². The van der Waals surface area contributed by atoms with Crippen LogP contribution in [-0.4, -0.2) is 44.1 Å². The first-order valence-corrected chi connectivity index (χ1v) is 8.24. The molecular formula is C19H19NO8. The van der Waals surface area contributed by atoms with Gasteiger partial charge < -0.3 is 18.9 Å². The zero-order valence-corrected chi connectivity index (χ0v) is 15.6. The molecule has 0 atom stereocenters. The van der Waals surface area contributed by atoms with Crippen LogP contribution >= 0.6 is 0 Å². The smallest absolute Gasteiger partial charge is 0.338 e. The van der Waals surface area contributed by atoms with Crippen LogP contribution in [0.25, 0.3) is 0 Å². The van der Waals surface area contributed by atoms with Gasteiger partial charge in [-0.25, -0.2) is 4.79 Å². The molecule has 0 spiro atoms. The lowest BCUT2D eigenvalue weighted by Crippen LogP contribution is -2.14. The molecule has 0 fully saturated rings. The Hall–Kier alpha value is -3.62. The number of nitro groups is 1. The van der Waals surface area contributed by atoms with Crippen molar-refractivity contribution in [2.45, 2.75) is 6.92 Å². The van der Waals surface area contributed by atoms with E-state index in [0.717, 1.165) is 6.07 Å². The molecule has 0 aliphatic carbocycles. The van der Waals surface area contributed by atoms with Crippen LogP contribution in [0.5, 0.6) is 17.2 Å². The Balaban J connectivity index is 2.10. The van der Waals surface area contributed by atoms with E-state index in [0.29, 0.717) is 11.5 Å². The summed E-state index contributed by atoms with van der Waals surface area (Å²) in [4.78, 5) is 34.9. The maximum atomic E-state index is 12.3. The van der Waals surface area contributed by atoms with Gasteiger partial charge in [-0.2, -0.15) is 0 Å². The third-order valence-corrected chi connectivity index (χ3v) is 3.73. The fourth-order valence-corrected chi connectivity index (χ4v) is 2.37. The highest BCUT2D eigenvalue weighted by Crippen LogP contribution is 2.29. The third kappa shape index (κ3) is 4.76. The fraction of sp³-hybridized carbons (Fsp3) is 0.263. The Bertz CT molecular complexity index is 893. The lowest BCUT2D eigenvalue weighted by molar-refractivity contribution is -0.385. The average Bonchev–Trinajstić information content (AvgIpc) is 2.71. The van der Waals surface area contributed by atoms with E-state index in [1.54, 1.807) is 13.0 Å². The summed E-state index contributed by atoms with van der Waals surface area (Å²) in [6.45, 7) is 1.39. The van der Waals surface area contributed by atoms with Crippen molar-refractivity contribution in [3.05, 3.63) is 57.6 Å². The van der Waals surface area contributed by atoms with Gasteiger partial charge in [-0.3, -0.25) is 14.9 Å². The average molecular weight is 389 g/mol. The molecule has 0 aromatic heterocycles. The second-order valence-electron chi connectivity index (χ2n) is 5.44. The first-order chi connectivity index (χ1) is 13.4. The lowest BCUT2D eigenvalue weighted by Gasteiger charge is -2.10. The number of nitro benzene ring substituents is 1. The summed E-state index contributed by atoms with van der Waals surface area (Å²) in [5.74, 6) is -0.459. The number of rotatable bonds is 9. The van der Waals surface area contributed by atoms with E-state index in [1.807, 2.05) is 0 Å². The molecule has 9 heteroatoms. The van der Waals surface area contributed by atoms with Crippen molar-refractivity contribution in [3.8, 4) is 17.2 Å². The Kier molecular flexibility index (Phi) is 6.91. The molecule has 148 valence electrons. The quantitative estimate of drug-likeness (QED) is 0.278. The molecule has 0 aliphatic rings. The summed E-state index contributed by atoms with van der Waals surface area (Å²) in [5, 5.41) is 11.1. The van der Waals surface area contributed by atoms with Gasteiger partial charge in [0.1, 0.15) is 0 Å². The van der Waals surface area contributed by atoms with Gasteiger partial charge in [0, 0.05) is 11.6 Å². The first kappa shape index (κ1) is 20.7. The molecule has 0 aliphatic heterocycles. The van der Waals surface area contributed by atoms with Crippen molar-refractivity contribution in [2.24, 2.45) is 0 Å². The molecule has 2 rings (SSSR count). The van der Waals surface area contributed by atoms with E-state index in [-0.39, 0.29) is 29.2 Å². The molecule has 0 heterocycles. The number of nitrogens with zero attached hydrogens (tertiary/aromatic N) is 1. The number of hydrogen-bond acceptors (Lipinski definition) is 8. The highest BCUT2D eigenvalue weighted by molar-refractivity contribution is 6.00. The topological polar surface area (TPSA) is 114 Å². The van der Waals surface area contributed by atoms with Gasteiger partial charge in [-0.15, -0.1) is 0 Å². The molecule has 0 N–H and O–H groups in total. The van der Waals surface area contributed by atoms with Crippen LogP contribution in [0.2, 0.25) is 0 Å². The summed E-state index contributed by atoms with van der Waals surface area (Å²) < 4.78 is 20.4. The monoisotopic (exact) mass is 389 g/mol. The van der Waals surface area contributed by atoms with Gasteiger partial charge in [0.25, 0.3) is 0 Å². The van der Waals surface area contributed by atoms with Gasteiger partial charge in [0.05, 0.1) is 31.3 Å². The SMILES string of the molecule is CCOc1ccc(C(=O)OCC(=O)c2ccc(OC)c(OC)c2)cc1[N+](=O)[O-].